The molecular formula is C12H14FN3O. The van der Waals surface area contributed by atoms with Crippen molar-refractivity contribution >= 4 is 0 Å². The Labute approximate surface area is 98.1 Å². The summed E-state index contributed by atoms with van der Waals surface area (Å²) in [5.41, 5.74) is 1.38. The lowest BCUT2D eigenvalue weighted by Gasteiger charge is -2.02. The monoisotopic (exact) mass is 235 g/mol. The molecule has 2 rings (SSSR count). The minimum atomic E-state index is -0.424. The maximum absolute atomic E-state index is 13.6. The van der Waals surface area contributed by atoms with Crippen molar-refractivity contribution in [2.24, 2.45) is 0 Å². The van der Waals surface area contributed by atoms with Crippen molar-refractivity contribution in [3.8, 4) is 5.69 Å². The predicted molar refractivity (Wildman–Crippen MR) is 63.8 cm³/mol. The first-order chi connectivity index (χ1) is 8.15. The molecule has 17 heavy (non-hydrogen) atoms. The number of para-hydroxylation sites is 1. The molecule has 90 valence electrons. The summed E-state index contributed by atoms with van der Waals surface area (Å²) in [6.45, 7) is 2.26. The first-order valence-electron chi connectivity index (χ1n) is 5.35. The molecule has 1 aromatic heterocycles. The number of aryl methyl sites for hydroxylation is 1. The zero-order chi connectivity index (χ0) is 12.4. The third-order valence-corrected chi connectivity index (χ3v) is 2.64. The molecule has 5 heteroatoms. The Bertz CT molecular complexity index is 586. The van der Waals surface area contributed by atoms with Gasteiger partial charge in [-0.1, -0.05) is 12.1 Å². The maximum Gasteiger partial charge on any atom is 0.276 e. The van der Waals surface area contributed by atoms with Gasteiger partial charge in [0.2, 0.25) is 0 Å². The minimum absolute atomic E-state index is 0.220. The lowest BCUT2D eigenvalue weighted by atomic mass is 10.2. The average molecular weight is 235 g/mol. The van der Waals surface area contributed by atoms with E-state index in [0.29, 0.717) is 12.1 Å². The van der Waals surface area contributed by atoms with Crippen LogP contribution in [-0.4, -0.2) is 16.8 Å². The second kappa shape index (κ2) is 4.55. The summed E-state index contributed by atoms with van der Waals surface area (Å²) in [7, 11) is 1.76. The highest BCUT2D eigenvalue weighted by Gasteiger charge is 2.13. The quantitative estimate of drug-likeness (QED) is 0.843. The molecule has 0 fully saturated rings. The van der Waals surface area contributed by atoms with Gasteiger partial charge in [0.15, 0.2) is 0 Å². The Balaban J connectivity index is 2.58. The zero-order valence-electron chi connectivity index (χ0n) is 9.75. The average Bonchev–Trinajstić information content (AvgIpc) is 2.58. The number of H-pyrrole nitrogens is 1. The van der Waals surface area contributed by atoms with Gasteiger partial charge >= 0.3 is 0 Å². The van der Waals surface area contributed by atoms with Crippen molar-refractivity contribution < 1.29 is 4.39 Å². The third-order valence-electron chi connectivity index (χ3n) is 2.64. The summed E-state index contributed by atoms with van der Waals surface area (Å²) in [5, 5.41) is 5.80. The molecule has 0 saturated heterocycles. The third kappa shape index (κ3) is 2.01. The molecule has 0 radical (unpaired) electrons. The highest BCUT2D eigenvalue weighted by atomic mass is 19.1. The molecule has 1 aromatic carbocycles. The van der Waals surface area contributed by atoms with Crippen molar-refractivity contribution in [3.63, 3.8) is 0 Å². The van der Waals surface area contributed by atoms with Gasteiger partial charge in [-0.3, -0.25) is 9.89 Å². The summed E-state index contributed by atoms with van der Waals surface area (Å²) in [4.78, 5) is 12.1. The highest BCUT2D eigenvalue weighted by Crippen LogP contribution is 2.11. The lowest BCUT2D eigenvalue weighted by molar-refractivity contribution is 0.607. The number of nitrogens with zero attached hydrogens (tertiary/aromatic N) is 1. The molecule has 0 spiro atoms. The topological polar surface area (TPSA) is 49.8 Å². The van der Waals surface area contributed by atoms with Gasteiger partial charge in [0.25, 0.3) is 5.56 Å². The van der Waals surface area contributed by atoms with Crippen molar-refractivity contribution in [1.82, 2.24) is 15.1 Å². The van der Waals surface area contributed by atoms with Crippen molar-refractivity contribution in [2.45, 2.75) is 13.5 Å². The number of halogens is 1. The molecule has 0 aliphatic rings. The molecule has 0 amide bonds. The Hall–Kier alpha value is -1.88. The number of benzene rings is 1. The van der Waals surface area contributed by atoms with Gasteiger partial charge in [0.05, 0.1) is 5.56 Å². The number of hydrogen-bond donors (Lipinski definition) is 2. The summed E-state index contributed by atoms with van der Waals surface area (Å²) < 4.78 is 14.8. The molecule has 1 heterocycles. The van der Waals surface area contributed by atoms with Crippen LogP contribution in [0.5, 0.6) is 0 Å². The van der Waals surface area contributed by atoms with Crippen LogP contribution < -0.4 is 10.9 Å². The molecule has 0 atom stereocenters. The summed E-state index contributed by atoms with van der Waals surface area (Å²) in [6.07, 6.45) is 0. The minimum Gasteiger partial charge on any atom is -0.315 e. The van der Waals surface area contributed by atoms with Crippen molar-refractivity contribution in [1.29, 1.82) is 0 Å². The second-order valence-corrected chi connectivity index (χ2v) is 3.84. The standard InChI is InChI=1S/C12H14FN3O/c1-8-9(7-14-2)12(17)16(15-8)11-6-4-3-5-10(11)13/h3-6,14-15H,7H2,1-2H3. The fraction of sp³-hybridized carbons (Fsp3) is 0.250. The lowest BCUT2D eigenvalue weighted by Crippen LogP contribution is -2.21. The Morgan fingerprint density at radius 3 is 2.76 bits per heavy atom. The van der Waals surface area contributed by atoms with Gasteiger partial charge in [-0.15, -0.1) is 0 Å². The van der Waals surface area contributed by atoms with Crippen LogP contribution in [0.15, 0.2) is 29.1 Å². The fourth-order valence-corrected chi connectivity index (χ4v) is 1.77. The van der Waals surface area contributed by atoms with E-state index in [1.807, 2.05) is 0 Å². The van der Waals surface area contributed by atoms with E-state index in [9.17, 15) is 9.18 Å². The van der Waals surface area contributed by atoms with Crippen LogP contribution >= 0.6 is 0 Å². The molecule has 0 aliphatic heterocycles. The zero-order valence-corrected chi connectivity index (χ0v) is 9.75. The molecule has 0 saturated carbocycles. The van der Waals surface area contributed by atoms with Crippen LogP contribution in [0.1, 0.15) is 11.3 Å². The van der Waals surface area contributed by atoms with Gasteiger partial charge in [-0.2, -0.15) is 0 Å². The van der Waals surface area contributed by atoms with E-state index >= 15 is 0 Å². The molecule has 4 nitrogen and oxygen atoms in total. The van der Waals surface area contributed by atoms with E-state index in [2.05, 4.69) is 10.4 Å². The second-order valence-electron chi connectivity index (χ2n) is 3.84. The van der Waals surface area contributed by atoms with E-state index in [1.165, 1.54) is 10.7 Å². The SMILES string of the molecule is CNCc1c(C)[nH]n(-c2ccccc2F)c1=O. The Morgan fingerprint density at radius 2 is 2.12 bits per heavy atom. The first kappa shape index (κ1) is 11.6. The van der Waals surface area contributed by atoms with E-state index in [1.54, 1.807) is 32.2 Å². The summed E-state index contributed by atoms with van der Waals surface area (Å²) in [5.74, 6) is -0.424. The van der Waals surface area contributed by atoms with Crippen LogP contribution in [0, 0.1) is 12.7 Å². The van der Waals surface area contributed by atoms with Crippen LogP contribution in [-0.2, 0) is 6.54 Å². The normalized spacial score (nSPS) is 10.8. The molecule has 2 aromatic rings. The van der Waals surface area contributed by atoms with Crippen molar-refractivity contribution in [2.75, 3.05) is 7.05 Å². The van der Waals surface area contributed by atoms with Crippen LogP contribution in [0.4, 0.5) is 4.39 Å². The number of rotatable bonds is 3. The largest absolute Gasteiger partial charge is 0.315 e. The van der Waals surface area contributed by atoms with Crippen molar-refractivity contribution in [3.05, 3.63) is 51.7 Å². The highest BCUT2D eigenvalue weighted by molar-refractivity contribution is 5.34. The van der Waals surface area contributed by atoms with Crippen LogP contribution in [0.25, 0.3) is 5.69 Å². The molecule has 2 N–H and O–H groups in total. The fourth-order valence-electron chi connectivity index (χ4n) is 1.77. The Kier molecular flexibility index (Phi) is 3.10. The van der Waals surface area contributed by atoms with Gasteiger partial charge < -0.3 is 5.32 Å². The summed E-state index contributed by atoms with van der Waals surface area (Å²) in [6, 6.07) is 6.18. The number of aromatic nitrogens is 2. The number of nitrogens with one attached hydrogen (secondary N) is 2. The van der Waals surface area contributed by atoms with Crippen LogP contribution in [0.2, 0.25) is 0 Å². The summed E-state index contributed by atoms with van der Waals surface area (Å²) >= 11 is 0. The molecule has 0 unspecified atom stereocenters. The van der Waals surface area contributed by atoms with E-state index in [0.717, 1.165) is 5.69 Å². The smallest absolute Gasteiger partial charge is 0.276 e. The van der Waals surface area contributed by atoms with Crippen LogP contribution in [0.3, 0.4) is 0 Å². The molecule has 0 aliphatic carbocycles. The maximum atomic E-state index is 13.6. The Morgan fingerprint density at radius 1 is 1.41 bits per heavy atom. The van der Waals surface area contributed by atoms with Gasteiger partial charge in [-0.05, 0) is 26.1 Å². The van der Waals surface area contributed by atoms with E-state index < -0.39 is 5.82 Å². The first-order valence-corrected chi connectivity index (χ1v) is 5.35. The van der Waals surface area contributed by atoms with Gasteiger partial charge in [-0.25, -0.2) is 9.07 Å². The van der Waals surface area contributed by atoms with E-state index in [-0.39, 0.29) is 11.2 Å². The number of aromatic amines is 1. The molecular weight excluding hydrogens is 221 g/mol. The molecule has 0 bridgehead atoms. The predicted octanol–water partition coefficient (Wildman–Crippen LogP) is 1.33. The van der Waals surface area contributed by atoms with E-state index in [4.69, 9.17) is 0 Å². The van der Waals surface area contributed by atoms with Gasteiger partial charge in [0, 0.05) is 12.2 Å². The van der Waals surface area contributed by atoms with Gasteiger partial charge in [0.1, 0.15) is 11.5 Å². The number of hydrogen-bond acceptors (Lipinski definition) is 2.